The van der Waals surface area contributed by atoms with Crippen molar-refractivity contribution in [2.75, 3.05) is 7.11 Å². The van der Waals surface area contributed by atoms with Crippen LogP contribution in [0.4, 0.5) is 0 Å². The lowest BCUT2D eigenvalue weighted by molar-refractivity contribution is -0.0791. The van der Waals surface area contributed by atoms with Gasteiger partial charge in [0, 0.05) is 12.7 Å². The van der Waals surface area contributed by atoms with E-state index < -0.39 is 0 Å². The third kappa shape index (κ3) is 1.22. The molecule has 0 aliphatic heterocycles. The summed E-state index contributed by atoms with van der Waals surface area (Å²) in [4.78, 5) is 0. The first-order valence-corrected chi connectivity index (χ1v) is 4.62. The predicted molar refractivity (Wildman–Crippen MR) is 50.6 cm³/mol. The molecule has 0 atom stereocenters. The maximum atomic E-state index is 9.66. The molecular formula is C11H14O2. The lowest BCUT2D eigenvalue weighted by atomic mass is 9.74. The highest BCUT2D eigenvalue weighted by molar-refractivity contribution is 5.38. The lowest BCUT2D eigenvalue weighted by Gasteiger charge is -2.41. The zero-order valence-electron chi connectivity index (χ0n) is 7.79. The van der Waals surface area contributed by atoms with Gasteiger partial charge in [-0.2, -0.15) is 0 Å². The Morgan fingerprint density at radius 2 is 2.00 bits per heavy atom. The second kappa shape index (κ2) is 3.04. The van der Waals surface area contributed by atoms with Crippen LogP contribution in [-0.4, -0.2) is 12.2 Å². The fourth-order valence-electron chi connectivity index (χ4n) is 1.94. The molecule has 70 valence electrons. The molecule has 1 saturated carbocycles. The van der Waals surface area contributed by atoms with Crippen LogP contribution in [0.2, 0.25) is 0 Å². The molecule has 0 unspecified atom stereocenters. The fraction of sp³-hybridized carbons (Fsp3) is 0.455. The van der Waals surface area contributed by atoms with Crippen molar-refractivity contribution in [3.8, 4) is 5.75 Å². The topological polar surface area (TPSA) is 29.5 Å². The zero-order chi connectivity index (χ0) is 9.31. The standard InChI is InChI=1S/C11H14O2/c1-13-11(7-4-8-11)9-5-2-3-6-10(9)12/h2-3,5-6,12H,4,7-8H2,1H3. The van der Waals surface area contributed by atoms with Crippen molar-refractivity contribution in [1.29, 1.82) is 0 Å². The first-order chi connectivity index (χ1) is 6.28. The SMILES string of the molecule is COC1(c2ccccc2O)CCC1. The number of phenols is 1. The van der Waals surface area contributed by atoms with Crippen molar-refractivity contribution in [2.24, 2.45) is 0 Å². The van der Waals surface area contributed by atoms with E-state index in [1.165, 1.54) is 6.42 Å². The van der Waals surface area contributed by atoms with Gasteiger partial charge in [0.15, 0.2) is 0 Å². The highest BCUT2D eigenvalue weighted by Gasteiger charge is 2.40. The molecule has 2 nitrogen and oxygen atoms in total. The Kier molecular flexibility index (Phi) is 2.00. The molecule has 13 heavy (non-hydrogen) atoms. The third-order valence-electron chi connectivity index (χ3n) is 2.95. The molecule has 2 heteroatoms. The smallest absolute Gasteiger partial charge is 0.121 e. The van der Waals surface area contributed by atoms with E-state index in [4.69, 9.17) is 4.74 Å². The van der Waals surface area contributed by atoms with Gasteiger partial charge in [0.05, 0.1) is 5.60 Å². The number of phenolic OH excluding ortho intramolecular Hbond substituents is 1. The molecule has 1 aromatic rings. The van der Waals surface area contributed by atoms with Crippen LogP contribution < -0.4 is 0 Å². The average molecular weight is 178 g/mol. The molecule has 1 N–H and O–H groups in total. The Hall–Kier alpha value is -1.02. The number of ether oxygens (including phenoxy) is 1. The second-order valence-corrected chi connectivity index (χ2v) is 3.57. The van der Waals surface area contributed by atoms with E-state index in [0.29, 0.717) is 5.75 Å². The predicted octanol–water partition coefficient (Wildman–Crippen LogP) is 2.42. The molecule has 0 amide bonds. The minimum Gasteiger partial charge on any atom is -0.508 e. The lowest BCUT2D eigenvalue weighted by Crippen LogP contribution is -2.36. The van der Waals surface area contributed by atoms with Crippen molar-refractivity contribution in [2.45, 2.75) is 24.9 Å². The number of para-hydroxylation sites is 1. The first kappa shape index (κ1) is 8.57. The third-order valence-corrected chi connectivity index (χ3v) is 2.95. The van der Waals surface area contributed by atoms with Gasteiger partial charge >= 0.3 is 0 Å². The van der Waals surface area contributed by atoms with Gasteiger partial charge in [0.1, 0.15) is 5.75 Å². The molecule has 0 aromatic heterocycles. The molecular weight excluding hydrogens is 164 g/mol. The summed E-state index contributed by atoms with van der Waals surface area (Å²) in [5.41, 5.74) is 0.731. The molecule has 2 rings (SSSR count). The maximum absolute atomic E-state index is 9.66. The number of hydrogen-bond acceptors (Lipinski definition) is 2. The van der Waals surface area contributed by atoms with Gasteiger partial charge < -0.3 is 9.84 Å². The number of benzene rings is 1. The molecule has 0 spiro atoms. The normalized spacial score (nSPS) is 19.5. The molecule has 0 radical (unpaired) electrons. The molecule has 0 saturated heterocycles. The van der Waals surface area contributed by atoms with Gasteiger partial charge in [-0.15, -0.1) is 0 Å². The first-order valence-electron chi connectivity index (χ1n) is 4.62. The van der Waals surface area contributed by atoms with E-state index in [1.54, 1.807) is 13.2 Å². The molecule has 1 fully saturated rings. The van der Waals surface area contributed by atoms with E-state index in [2.05, 4.69) is 0 Å². The Morgan fingerprint density at radius 1 is 1.31 bits per heavy atom. The van der Waals surface area contributed by atoms with Gasteiger partial charge in [-0.3, -0.25) is 0 Å². The summed E-state index contributed by atoms with van der Waals surface area (Å²) in [6.45, 7) is 0. The van der Waals surface area contributed by atoms with Crippen molar-refractivity contribution >= 4 is 0 Å². The van der Waals surface area contributed by atoms with Gasteiger partial charge in [-0.25, -0.2) is 0 Å². The van der Waals surface area contributed by atoms with Crippen LogP contribution in [0.25, 0.3) is 0 Å². The Morgan fingerprint density at radius 3 is 2.46 bits per heavy atom. The van der Waals surface area contributed by atoms with Crippen LogP contribution in [0, 0.1) is 0 Å². The summed E-state index contributed by atoms with van der Waals surface area (Å²) >= 11 is 0. The molecule has 0 bridgehead atoms. The van der Waals surface area contributed by atoms with Crippen LogP contribution in [0.1, 0.15) is 24.8 Å². The van der Waals surface area contributed by atoms with E-state index >= 15 is 0 Å². The Bertz CT molecular complexity index is 297. The van der Waals surface area contributed by atoms with Crippen molar-refractivity contribution in [3.63, 3.8) is 0 Å². The van der Waals surface area contributed by atoms with Crippen molar-refractivity contribution in [1.82, 2.24) is 0 Å². The van der Waals surface area contributed by atoms with Crippen molar-refractivity contribution < 1.29 is 9.84 Å². The molecule has 1 aliphatic carbocycles. The fourth-order valence-corrected chi connectivity index (χ4v) is 1.94. The number of hydrogen-bond donors (Lipinski definition) is 1. The quantitative estimate of drug-likeness (QED) is 0.753. The van der Waals surface area contributed by atoms with Crippen LogP contribution in [0.15, 0.2) is 24.3 Å². The van der Waals surface area contributed by atoms with Crippen LogP contribution in [0.5, 0.6) is 5.75 Å². The highest BCUT2D eigenvalue weighted by Crippen LogP contribution is 2.46. The highest BCUT2D eigenvalue weighted by atomic mass is 16.5. The zero-order valence-corrected chi connectivity index (χ0v) is 7.79. The van der Waals surface area contributed by atoms with Gasteiger partial charge in [0.25, 0.3) is 0 Å². The summed E-state index contributed by atoms with van der Waals surface area (Å²) in [6.07, 6.45) is 3.21. The van der Waals surface area contributed by atoms with E-state index in [1.807, 2.05) is 18.2 Å². The monoisotopic (exact) mass is 178 g/mol. The summed E-state index contributed by atoms with van der Waals surface area (Å²) in [6, 6.07) is 7.43. The summed E-state index contributed by atoms with van der Waals surface area (Å²) in [7, 11) is 1.71. The van der Waals surface area contributed by atoms with Crippen molar-refractivity contribution in [3.05, 3.63) is 29.8 Å². The van der Waals surface area contributed by atoms with Gasteiger partial charge in [0.2, 0.25) is 0 Å². The Labute approximate surface area is 78.2 Å². The number of methoxy groups -OCH3 is 1. The molecule has 1 aliphatic rings. The van der Waals surface area contributed by atoms with Crippen LogP contribution in [0.3, 0.4) is 0 Å². The van der Waals surface area contributed by atoms with E-state index in [-0.39, 0.29) is 5.60 Å². The van der Waals surface area contributed by atoms with E-state index in [0.717, 1.165) is 18.4 Å². The number of rotatable bonds is 2. The van der Waals surface area contributed by atoms with Crippen LogP contribution in [-0.2, 0) is 10.3 Å². The van der Waals surface area contributed by atoms with Gasteiger partial charge in [-0.05, 0) is 25.3 Å². The van der Waals surface area contributed by atoms with Gasteiger partial charge in [-0.1, -0.05) is 18.2 Å². The van der Waals surface area contributed by atoms with Crippen LogP contribution >= 0.6 is 0 Å². The minimum atomic E-state index is -0.203. The molecule has 1 aromatic carbocycles. The molecule has 0 heterocycles. The number of aromatic hydroxyl groups is 1. The minimum absolute atomic E-state index is 0.203. The summed E-state index contributed by atoms with van der Waals surface area (Å²) in [5.74, 6) is 0.351. The average Bonchev–Trinajstić information content (AvgIpc) is 2.07. The van der Waals surface area contributed by atoms with E-state index in [9.17, 15) is 5.11 Å². The summed E-state index contributed by atoms with van der Waals surface area (Å²) in [5, 5.41) is 9.66. The Balaban J connectivity index is 2.38. The largest absolute Gasteiger partial charge is 0.508 e. The summed E-state index contributed by atoms with van der Waals surface area (Å²) < 4.78 is 5.48. The maximum Gasteiger partial charge on any atom is 0.121 e. The second-order valence-electron chi connectivity index (χ2n) is 3.57.